The number of hydrogen-bond acceptors (Lipinski definition) is 5. The Labute approximate surface area is 212 Å². The van der Waals surface area contributed by atoms with Crippen LogP contribution in [0.5, 0.6) is 0 Å². The monoisotopic (exact) mass is 506 g/mol. The van der Waals surface area contributed by atoms with Gasteiger partial charge in [-0.25, -0.2) is 13.2 Å². The third-order valence-electron chi connectivity index (χ3n) is 6.15. The molecule has 0 atom stereocenters. The van der Waals surface area contributed by atoms with Crippen molar-refractivity contribution < 1.29 is 22.7 Å². The van der Waals surface area contributed by atoms with Gasteiger partial charge in [-0.3, -0.25) is 4.79 Å². The molecule has 7 nitrogen and oxygen atoms in total. The van der Waals surface area contributed by atoms with Crippen LogP contribution in [0.1, 0.15) is 40.7 Å². The second-order valence-electron chi connectivity index (χ2n) is 8.76. The lowest BCUT2D eigenvalue weighted by Crippen LogP contribution is -2.36. The van der Waals surface area contributed by atoms with Gasteiger partial charge in [0.2, 0.25) is 10.0 Å². The average Bonchev–Trinajstić information content (AvgIpc) is 2.93. The summed E-state index contributed by atoms with van der Waals surface area (Å²) in [6, 6.07) is 25.2. The largest absolute Gasteiger partial charge is 0.452 e. The molecule has 1 amide bonds. The maximum atomic E-state index is 13.2. The van der Waals surface area contributed by atoms with Crippen molar-refractivity contribution in [3.8, 4) is 0 Å². The van der Waals surface area contributed by atoms with Crippen LogP contribution in [-0.2, 0) is 32.6 Å². The Hall–Kier alpha value is -3.49. The van der Waals surface area contributed by atoms with Gasteiger partial charge >= 0.3 is 5.97 Å². The van der Waals surface area contributed by atoms with Crippen LogP contribution in [0.3, 0.4) is 0 Å². The van der Waals surface area contributed by atoms with Crippen molar-refractivity contribution in [1.29, 1.82) is 0 Å². The SMILES string of the molecule is O=C(OCC(=O)N(Cc1ccccc1)Cc1ccccc1)c1ccccc1S(=O)(=O)N1CCCCC1. The van der Waals surface area contributed by atoms with Gasteiger partial charge in [-0.15, -0.1) is 0 Å². The molecule has 188 valence electrons. The van der Waals surface area contributed by atoms with Crippen molar-refractivity contribution in [3.05, 3.63) is 102 Å². The Balaban J connectivity index is 1.48. The molecule has 0 saturated carbocycles. The Bertz CT molecular complexity index is 1230. The molecular weight excluding hydrogens is 476 g/mol. The van der Waals surface area contributed by atoms with Crippen molar-refractivity contribution >= 4 is 21.9 Å². The van der Waals surface area contributed by atoms with Gasteiger partial charge in [0, 0.05) is 26.2 Å². The molecule has 0 unspecified atom stereocenters. The van der Waals surface area contributed by atoms with Crippen molar-refractivity contribution in [2.75, 3.05) is 19.7 Å². The quantitative estimate of drug-likeness (QED) is 0.405. The summed E-state index contributed by atoms with van der Waals surface area (Å²) in [5.74, 6) is -1.20. The topological polar surface area (TPSA) is 84.0 Å². The number of piperidine rings is 1. The summed E-state index contributed by atoms with van der Waals surface area (Å²) in [4.78, 5) is 27.6. The Kier molecular flexibility index (Phi) is 8.51. The number of ether oxygens (including phenoxy) is 1. The van der Waals surface area contributed by atoms with Crippen LogP contribution in [0.4, 0.5) is 0 Å². The number of hydrogen-bond donors (Lipinski definition) is 0. The maximum Gasteiger partial charge on any atom is 0.340 e. The summed E-state index contributed by atoms with van der Waals surface area (Å²) in [6.45, 7) is 1.07. The smallest absolute Gasteiger partial charge is 0.340 e. The lowest BCUT2D eigenvalue weighted by Gasteiger charge is -2.26. The minimum atomic E-state index is -3.84. The molecule has 8 heteroatoms. The third-order valence-corrected chi connectivity index (χ3v) is 8.11. The van der Waals surface area contributed by atoms with E-state index in [-0.39, 0.29) is 16.4 Å². The van der Waals surface area contributed by atoms with Gasteiger partial charge in [-0.1, -0.05) is 79.2 Å². The number of nitrogens with zero attached hydrogens (tertiary/aromatic N) is 2. The molecule has 0 aliphatic carbocycles. The second-order valence-corrected chi connectivity index (χ2v) is 10.7. The van der Waals surface area contributed by atoms with Crippen LogP contribution in [0.2, 0.25) is 0 Å². The normalized spacial score (nSPS) is 14.2. The van der Waals surface area contributed by atoms with E-state index in [1.54, 1.807) is 17.0 Å². The number of sulfonamides is 1. The molecule has 1 heterocycles. The van der Waals surface area contributed by atoms with Gasteiger partial charge in [0.15, 0.2) is 6.61 Å². The van der Waals surface area contributed by atoms with Gasteiger partial charge in [0.1, 0.15) is 0 Å². The molecule has 1 aliphatic rings. The highest BCUT2D eigenvalue weighted by atomic mass is 32.2. The van der Waals surface area contributed by atoms with Gasteiger partial charge in [0.05, 0.1) is 10.5 Å². The summed E-state index contributed by atoms with van der Waals surface area (Å²) in [7, 11) is -3.84. The van der Waals surface area contributed by atoms with Gasteiger partial charge in [-0.2, -0.15) is 4.31 Å². The van der Waals surface area contributed by atoms with Crippen LogP contribution < -0.4 is 0 Å². The minimum Gasteiger partial charge on any atom is -0.452 e. The zero-order chi connectivity index (χ0) is 25.4. The van der Waals surface area contributed by atoms with E-state index in [1.165, 1.54) is 16.4 Å². The number of carbonyl (C=O) groups is 2. The lowest BCUT2D eigenvalue weighted by atomic mass is 10.1. The number of esters is 1. The van der Waals surface area contributed by atoms with Gasteiger partial charge < -0.3 is 9.64 Å². The Morgan fingerprint density at radius 2 is 1.28 bits per heavy atom. The fourth-order valence-electron chi connectivity index (χ4n) is 4.24. The average molecular weight is 507 g/mol. The zero-order valence-electron chi connectivity index (χ0n) is 20.1. The second kappa shape index (κ2) is 12.0. The third kappa shape index (κ3) is 6.38. The number of amides is 1. The molecule has 0 N–H and O–H groups in total. The number of carbonyl (C=O) groups excluding carboxylic acids is 2. The molecule has 3 aromatic carbocycles. The van der Waals surface area contributed by atoms with E-state index in [0.29, 0.717) is 26.2 Å². The highest BCUT2D eigenvalue weighted by Gasteiger charge is 2.30. The van der Waals surface area contributed by atoms with E-state index in [2.05, 4.69) is 0 Å². The van der Waals surface area contributed by atoms with Crippen LogP contribution in [0.15, 0.2) is 89.8 Å². The van der Waals surface area contributed by atoms with E-state index in [4.69, 9.17) is 4.74 Å². The van der Waals surface area contributed by atoms with Crippen LogP contribution in [0.25, 0.3) is 0 Å². The van der Waals surface area contributed by atoms with Gasteiger partial charge in [-0.05, 0) is 36.1 Å². The van der Waals surface area contributed by atoms with Crippen molar-refractivity contribution in [3.63, 3.8) is 0 Å². The van der Waals surface area contributed by atoms with E-state index in [0.717, 1.165) is 30.4 Å². The summed E-state index contributed by atoms with van der Waals surface area (Å²) in [6.07, 6.45) is 2.57. The van der Waals surface area contributed by atoms with E-state index in [9.17, 15) is 18.0 Å². The van der Waals surface area contributed by atoms with Crippen molar-refractivity contribution in [2.45, 2.75) is 37.2 Å². The molecule has 0 aromatic heterocycles. The maximum absolute atomic E-state index is 13.2. The molecule has 1 saturated heterocycles. The van der Waals surface area contributed by atoms with Crippen molar-refractivity contribution in [1.82, 2.24) is 9.21 Å². The van der Waals surface area contributed by atoms with Gasteiger partial charge in [0.25, 0.3) is 5.91 Å². The first-order valence-electron chi connectivity index (χ1n) is 12.1. The fraction of sp³-hybridized carbons (Fsp3) is 0.286. The molecule has 0 bridgehead atoms. The highest BCUT2D eigenvalue weighted by molar-refractivity contribution is 7.89. The predicted molar refractivity (Wildman–Crippen MR) is 136 cm³/mol. The zero-order valence-corrected chi connectivity index (χ0v) is 20.9. The van der Waals surface area contributed by atoms with Crippen LogP contribution in [0, 0.1) is 0 Å². The summed E-state index contributed by atoms with van der Waals surface area (Å²) < 4.78 is 33.2. The van der Waals surface area contributed by atoms with E-state index >= 15 is 0 Å². The van der Waals surface area contributed by atoms with E-state index in [1.807, 2.05) is 60.7 Å². The Morgan fingerprint density at radius 1 is 0.750 bits per heavy atom. The molecule has 1 fully saturated rings. The predicted octanol–water partition coefficient (Wildman–Crippen LogP) is 4.25. The summed E-state index contributed by atoms with van der Waals surface area (Å²) in [5, 5.41) is 0. The summed E-state index contributed by atoms with van der Waals surface area (Å²) in [5.41, 5.74) is 1.84. The first-order chi connectivity index (χ1) is 17.4. The number of rotatable bonds is 9. The van der Waals surface area contributed by atoms with E-state index < -0.39 is 22.6 Å². The molecule has 3 aromatic rings. The first-order valence-corrected chi connectivity index (χ1v) is 13.5. The van der Waals surface area contributed by atoms with Crippen LogP contribution >= 0.6 is 0 Å². The molecule has 1 aliphatic heterocycles. The van der Waals surface area contributed by atoms with Crippen LogP contribution in [-0.4, -0.2) is 49.2 Å². The lowest BCUT2D eigenvalue weighted by molar-refractivity contribution is -0.135. The summed E-state index contributed by atoms with van der Waals surface area (Å²) >= 11 is 0. The fourth-order valence-corrected chi connectivity index (χ4v) is 5.94. The Morgan fingerprint density at radius 3 is 1.86 bits per heavy atom. The molecule has 0 spiro atoms. The molecule has 36 heavy (non-hydrogen) atoms. The van der Waals surface area contributed by atoms with Crippen molar-refractivity contribution in [2.24, 2.45) is 0 Å². The molecular formula is C28H30N2O5S. The molecule has 0 radical (unpaired) electrons. The highest BCUT2D eigenvalue weighted by Crippen LogP contribution is 2.24. The number of benzene rings is 3. The standard InChI is InChI=1S/C28H30N2O5S/c31-27(29(20-23-12-4-1-5-13-23)21-24-14-6-2-7-15-24)22-35-28(32)25-16-8-9-17-26(25)36(33,34)30-18-10-3-11-19-30/h1-2,4-9,12-17H,3,10-11,18-22H2. The first kappa shape index (κ1) is 25.6. The molecule has 4 rings (SSSR count). The minimum absolute atomic E-state index is 0.0615.